The Morgan fingerprint density at radius 3 is 2.61 bits per heavy atom. The van der Waals surface area contributed by atoms with Crippen LogP contribution in [0.4, 0.5) is 0 Å². The van der Waals surface area contributed by atoms with Crippen LogP contribution in [-0.4, -0.2) is 11.2 Å². The quantitative estimate of drug-likeness (QED) is 0.811. The van der Waals surface area contributed by atoms with E-state index in [4.69, 9.17) is 10.00 Å². The van der Waals surface area contributed by atoms with Gasteiger partial charge in [0.25, 0.3) is 5.56 Å². The van der Waals surface area contributed by atoms with Crippen LogP contribution in [0.5, 0.6) is 5.75 Å². The maximum Gasteiger partial charge on any atom is 0.255 e. The molecule has 1 heterocycles. The molecule has 4 nitrogen and oxygen atoms in total. The van der Waals surface area contributed by atoms with Gasteiger partial charge in [0.05, 0.1) is 24.8 Å². The molecule has 4 heteroatoms. The Kier molecular flexibility index (Phi) is 5.59. The van der Waals surface area contributed by atoms with Crippen molar-refractivity contribution in [2.75, 3.05) is 6.61 Å². The second-order valence-corrected chi connectivity index (χ2v) is 5.69. The Morgan fingerprint density at radius 1 is 1.22 bits per heavy atom. The van der Waals surface area contributed by atoms with Gasteiger partial charge in [-0.1, -0.05) is 25.1 Å². The number of para-hydroxylation sites is 1. The number of benzene rings is 1. The zero-order valence-corrected chi connectivity index (χ0v) is 13.9. The topological polar surface area (TPSA) is 55.0 Å². The highest BCUT2D eigenvalue weighted by atomic mass is 16.5. The third-order valence-corrected chi connectivity index (χ3v) is 3.61. The summed E-state index contributed by atoms with van der Waals surface area (Å²) in [5.74, 6) is 0.774. The molecule has 0 spiro atoms. The van der Waals surface area contributed by atoms with Gasteiger partial charge >= 0.3 is 0 Å². The fraction of sp³-hybridized carbons (Fsp3) is 0.368. The van der Waals surface area contributed by atoms with Gasteiger partial charge in [0.1, 0.15) is 5.75 Å². The maximum atomic E-state index is 12.7. The van der Waals surface area contributed by atoms with Gasteiger partial charge in [0.15, 0.2) is 0 Å². The van der Waals surface area contributed by atoms with E-state index < -0.39 is 0 Å². The van der Waals surface area contributed by atoms with Gasteiger partial charge in [-0.15, -0.1) is 0 Å². The summed E-state index contributed by atoms with van der Waals surface area (Å²) in [4.78, 5) is 12.7. The first-order valence-electron chi connectivity index (χ1n) is 7.93. The van der Waals surface area contributed by atoms with Gasteiger partial charge in [-0.2, -0.15) is 5.26 Å². The van der Waals surface area contributed by atoms with Crippen molar-refractivity contribution in [1.82, 2.24) is 4.57 Å². The van der Waals surface area contributed by atoms with E-state index in [-0.39, 0.29) is 18.0 Å². The van der Waals surface area contributed by atoms with Crippen molar-refractivity contribution in [2.24, 2.45) is 0 Å². The van der Waals surface area contributed by atoms with E-state index in [2.05, 4.69) is 13.0 Å². The first kappa shape index (κ1) is 16.8. The number of nitrogens with zero attached hydrogens (tertiary/aromatic N) is 2. The standard InChI is InChI=1S/C19H22N2O2/c1-4-13-23-18-8-6-5-7-16(18)17-10-9-15(11-12-20)19(22)21(17)14(2)3/h5-10,14H,4,11,13H2,1-3H3. The smallest absolute Gasteiger partial charge is 0.255 e. The summed E-state index contributed by atoms with van der Waals surface area (Å²) in [5.41, 5.74) is 2.13. The van der Waals surface area contributed by atoms with Crippen LogP contribution >= 0.6 is 0 Å². The summed E-state index contributed by atoms with van der Waals surface area (Å²) in [6.07, 6.45) is 1.05. The van der Waals surface area contributed by atoms with Crippen molar-refractivity contribution in [3.8, 4) is 23.1 Å². The fourth-order valence-corrected chi connectivity index (χ4v) is 2.56. The minimum absolute atomic E-state index is 0.00428. The molecule has 0 aliphatic carbocycles. The summed E-state index contributed by atoms with van der Waals surface area (Å²) in [6, 6.07) is 13.4. The molecular formula is C19H22N2O2. The fourth-order valence-electron chi connectivity index (χ4n) is 2.56. The van der Waals surface area contributed by atoms with Crippen molar-refractivity contribution < 1.29 is 4.74 Å². The molecule has 1 aromatic heterocycles. The van der Waals surface area contributed by atoms with Gasteiger partial charge in [-0.25, -0.2) is 0 Å². The van der Waals surface area contributed by atoms with Gasteiger partial charge in [-0.05, 0) is 38.5 Å². The molecule has 0 aliphatic rings. The molecule has 23 heavy (non-hydrogen) atoms. The Labute approximate surface area is 137 Å². The lowest BCUT2D eigenvalue weighted by Crippen LogP contribution is -2.26. The maximum absolute atomic E-state index is 12.7. The van der Waals surface area contributed by atoms with E-state index in [1.54, 1.807) is 10.6 Å². The minimum atomic E-state index is -0.107. The molecular weight excluding hydrogens is 288 g/mol. The largest absolute Gasteiger partial charge is 0.493 e. The van der Waals surface area contributed by atoms with E-state index >= 15 is 0 Å². The molecule has 2 rings (SSSR count). The highest BCUT2D eigenvalue weighted by Gasteiger charge is 2.15. The molecule has 0 saturated carbocycles. The highest BCUT2D eigenvalue weighted by molar-refractivity contribution is 5.67. The zero-order chi connectivity index (χ0) is 16.8. The number of hydrogen-bond acceptors (Lipinski definition) is 3. The average Bonchev–Trinajstić information content (AvgIpc) is 2.54. The molecule has 0 saturated heterocycles. The van der Waals surface area contributed by atoms with Crippen LogP contribution in [0, 0.1) is 11.3 Å². The van der Waals surface area contributed by atoms with Crippen LogP contribution in [0.3, 0.4) is 0 Å². The van der Waals surface area contributed by atoms with Crippen LogP contribution in [-0.2, 0) is 6.42 Å². The first-order chi connectivity index (χ1) is 11.1. The average molecular weight is 310 g/mol. The number of nitriles is 1. The van der Waals surface area contributed by atoms with Crippen molar-refractivity contribution >= 4 is 0 Å². The molecule has 120 valence electrons. The number of ether oxygens (including phenoxy) is 1. The van der Waals surface area contributed by atoms with Crippen LogP contribution in [0.15, 0.2) is 41.2 Å². The third-order valence-electron chi connectivity index (χ3n) is 3.61. The van der Waals surface area contributed by atoms with Crippen molar-refractivity contribution in [2.45, 2.75) is 39.7 Å². The lowest BCUT2D eigenvalue weighted by atomic mass is 10.1. The Hall–Kier alpha value is -2.54. The first-order valence-corrected chi connectivity index (χ1v) is 7.93. The monoisotopic (exact) mass is 310 g/mol. The summed E-state index contributed by atoms with van der Waals surface area (Å²) in [7, 11) is 0. The lowest BCUT2D eigenvalue weighted by Gasteiger charge is -2.19. The molecule has 0 atom stereocenters. The molecule has 0 fully saturated rings. The summed E-state index contributed by atoms with van der Waals surface area (Å²) in [6.45, 7) is 6.63. The molecule has 0 radical (unpaired) electrons. The minimum Gasteiger partial charge on any atom is -0.493 e. The van der Waals surface area contributed by atoms with Crippen LogP contribution in [0.1, 0.15) is 38.8 Å². The molecule has 1 aromatic carbocycles. The molecule has 0 unspecified atom stereocenters. The Morgan fingerprint density at radius 2 is 1.96 bits per heavy atom. The van der Waals surface area contributed by atoms with E-state index in [1.165, 1.54) is 0 Å². The number of aromatic nitrogens is 1. The van der Waals surface area contributed by atoms with Gasteiger partial charge in [0.2, 0.25) is 0 Å². The molecule has 0 bridgehead atoms. The third kappa shape index (κ3) is 3.62. The predicted molar refractivity (Wildman–Crippen MR) is 91.6 cm³/mol. The SMILES string of the molecule is CCCOc1ccccc1-c1ccc(CC#N)c(=O)n1C(C)C. The second kappa shape index (κ2) is 7.64. The van der Waals surface area contributed by atoms with E-state index in [9.17, 15) is 4.79 Å². The van der Waals surface area contributed by atoms with Gasteiger partial charge in [-0.3, -0.25) is 4.79 Å². The summed E-state index contributed by atoms with van der Waals surface area (Å²) >= 11 is 0. The molecule has 0 amide bonds. The normalized spacial score (nSPS) is 10.6. The van der Waals surface area contributed by atoms with E-state index in [1.807, 2.05) is 44.2 Å². The molecule has 0 aliphatic heterocycles. The number of hydrogen-bond donors (Lipinski definition) is 0. The highest BCUT2D eigenvalue weighted by Crippen LogP contribution is 2.30. The van der Waals surface area contributed by atoms with Gasteiger partial charge < -0.3 is 9.30 Å². The number of rotatable bonds is 6. The summed E-state index contributed by atoms with van der Waals surface area (Å²) < 4.78 is 7.56. The lowest BCUT2D eigenvalue weighted by molar-refractivity contribution is 0.318. The Balaban J connectivity index is 2.63. The van der Waals surface area contributed by atoms with Crippen LogP contribution in [0.2, 0.25) is 0 Å². The number of pyridine rings is 1. The van der Waals surface area contributed by atoms with E-state index in [0.29, 0.717) is 12.2 Å². The second-order valence-electron chi connectivity index (χ2n) is 5.69. The zero-order valence-electron chi connectivity index (χ0n) is 13.9. The van der Waals surface area contributed by atoms with Crippen molar-refractivity contribution in [3.05, 3.63) is 52.3 Å². The summed E-state index contributed by atoms with van der Waals surface area (Å²) in [5, 5.41) is 8.88. The van der Waals surface area contributed by atoms with Crippen molar-refractivity contribution in [1.29, 1.82) is 5.26 Å². The Bertz CT molecular complexity index is 770. The van der Waals surface area contributed by atoms with E-state index in [0.717, 1.165) is 23.4 Å². The molecule has 2 aromatic rings. The predicted octanol–water partition coefficient (Wildman–Crippen LogP) is 3.95. The van der Waals surface area contributed by atoms with Crippen LogP contribution < -0.4 is 10.3 Å². The van der Waals surface area contributed by atoms with Crippen molar-refractivity contribution in [3.63, 3.8) is 0 Å². The molecule has 0 N–H and O–H groups in total. The van der Waals surface area contributed by atoms with Crippen LogP contribution in [0.25, 0.3) is 11.3 Å². The van der Waals surface area contributed by atoms with Gasteiger partial charge in [0, 0.05) is 17.2 Å².